The summed E-state index contributed by atoms with van der Waals surface area (Å²) in [5, 5.41) is 22.8. The van der Waals surface area contributed by atoms with E-state index >= 15 is 0 Å². The molecule has 2 nitrogen and oxygen atoms in total. The Balaban J connectivity index is 1.63. The Morgan fingerprint density at radius 3 is 2.06 bits per heavy atom. The van der Waals surface area contributed by atoms with Gasteiger partial charge in [-0.05, 0) is 103 Å². The van der Waals surface area contributed by atoms with Gasteiger partial charge >= 0.3 is 0 Å². The first-order valence-corrected chi connectivity index (χ1v) is 13.7. The van der Waals surface area contributed by atoms with Crippen LogP contribution < -0.4 is 0 Å². The van der Waals surface area contributed by atoms with Gasteiger partial charge in [0.1, 0.15) is 0 Å². The fourth-order valence-corrected chi connectivity index (χ4v) is 10.6. The molecule has 2 N–H and O–H groups in total. The standard InChI is InChI=1S/C30H50O2/c1-25(2)15-16-27(5)18-24(32)30(8)19(20(27)17-25)9-10-22-28(6)13-12-23(31)26(3,4)21(28)11-14-29(22,30)7/h21-24,31-32H,9-18H2,1-8H3/t21-,22+,23-,24-,27+,28+,29+,30-/m0/s1. The molecule has 0 saturated heterocycles. The van der Waals surface area contributed by atoms with Gasteiger partial charge in [-0.25, -0.2) is 0 Å². The minimum atomic E-state index is -0.234. The van der Waals surface area contributed by atoms with Crippen LogP contribution in [0.15, 0.2) is 11.1 Å². The van der Waals surface area contributed by atoms with E-state index in [2.05, 4.69) is 55.4 Å². The first kappa shape index (κ1) is 23.4. The second kappa shape index (κ2) is 6.66. The predicted octanol–water partition coefficient (Wildman–Crippen LogP) is 7.28. The van der Waals surface area contributed by atoms with Gasteiger partial charge < -0.3 is 10.2 Å². The summed E-state index contributed by atoms with van der Waals surface area (Å²) in [6.07, 6.45) is 11.2. The van der Waals surface area contributed by atoms with E-state index in [1.807, 2.05) is 0 Å². The highest BCUT2D eigenvalue weighted by Gasteiger charge is 2.69. The number of hydrogen-bond acceptors (Lipinski definition) is 2. The van der Waals surface area contributed by atoms with Gasteiger partial charge in [0.25, 0.3) is 0 Å². The van der Waals surface area contributed by atoms with Crippen LogP contribution in [0, 0.1) is 44.3 Å². The van der Waals surface area contributed by atoms with Crippen molar-refractivity contribution in [2.75, 3.05) is 0 Å². The molecule has 0 aromatic heterocycles. The van der Waals surface area contributed by atoms with E-state index in [0.717, 1.165) is 19.3 Å². The molecule has 0 heterocycles. The molecule has 4 fully saturated rings. The van der Waals surface area contributed by atoms with Gasteiger partial charge in [-0.15, -0.1) is 0 Å². The normalized spacial score (nSPS) is 54.2. The van der Waals surface area contributed by atoms with E-state index < -0.39 is 0 Å². The predicted molar refractivity (Wildman–Crippen MR) is 132 cm³/mol. The topological polar surface area (TPSA) is 40.5 Å². The van der Waals surface area contributed by atoms with Crippen LogP contribution in [0.1, 0.15) is 120 Å². The second-order valence-corrected chi connectivity index (χ2v) is 15.3. The molecule has 0 amide bonds. The molecule has 5 aliphatic rings. The fraction of sp³-hybridized carbons (Fsp3) is 0.933. The molecule has 2 heteroatoms. The van der Waals surface area contributed by atoms with Crippen molar-refractivity contribution in [3.05, 3.63) is 11.1 Å². The third kappa shape index (κ3) is 2.72. The Morgan fingerprint density at radius 2 is 1.38 bits per heavy atom. The molecule has 5 aliphatic carbocycles. The maximum Gasteiger partial charge on any atom is 0.0644 e. The Labute approximate surface area is 197 Å². The summed E-state index contributed by atoms with van der Waals surface area (Å²) in [5.74, 6) is 1.21. The van der Waals surface area contributed by atoms with Crippen LogP contribution in [0.3, 0.4) is 0 Å². The Kier molecular flexibility index (Phi) is 4.87. The largest absolute Gasteiger partial charge is 0.393 e. The minimum Gasteiger partial charge on any atom is -0.393 e. The van der Waals surface area contributed by atoms with Crippen molar-refractivity contribution in [1.29, 1.82) is 0 Å². The molecule has 4 saturated carbocycles. The van der Waals surface area contributed by atoms with Crippen LogP contribution in [0.4, 0.5) is 0 Å². The molecule has 0 aromatic carbocycles. The molecular weight excluding hydrogens is 392 g/mol. The van der Waals surface area contributed by atoms with Crippen LogP contribution in [-0.4, -0.2) is 22.4 Å². The van der Waals surface area contributed by atoms with Crippen molar-refractivity contribution in [2.45, 2.75) is 132 Å². The van der Waals surface area contributed by atoms with Crippen molar-refractivity contribution >= 4 is 0 Å². The lowest BCUT2D eigenvalue weighted by Crippen LogP contribution is -2.66. The molecule has 0 bridgehead atoms. The van der Waals surface area contributed by atoms with E-state index in [-0.39, 0.29) is 39.3 Å². The average Bonchev–Trinajstić information content (AvgIpc) is 2.68. The summed E-state index contributed by atoms with van der Waals surface area (Å²) in [6, 6.07) is 0. The van der Waals surface area contributed by atoms with Crippen LogP contribution in [0.2, 0.25) is 0 Å². The number of aliphatic hydroxyl groups excluding tert-OH is 2. The number of allylic oxidation sites excluding steroid dienone is 1. The van der Waals surface area contributed by atoms with Crippen LogP contribution in [0.5, 0.6) is 0 Å². The van der Waals surface area contributed by atoms with Crippen molar-refractivity contribution in [2.24, 2.45) is 44.3 Å². The SMILES string of the molecule is CC1(C)CC[C@]2(C)C[C@H](O)[C@]3(C)C(=C2C1)CC[C@@H]1[C@]2(C)CC[C@H](O)C(C)(C)[C@@H]2CC[C@]13C. The van der Waals surface area contributed by atoms with Gasteiger partial charge in [-0.3, -0.25) is 0 Å². The zero-order valence-corrected chi connectivity index (χ0v) is 22.3. The highest BCUT2D eigenvalue weighted by Crippen LogP contribution is 2.75. The Hall–Kier alpha value is -0.340. The molecule has 32 heavy (non-hydrogen) atoms. The summed E-state index contributed by atoms with van der Waals surface area (Å²) < 4.78 is 0. The second-order valence-electron chi connectivity index (χ2n) is 15.3. The van der Waals surface area contributed by atoms with Crippen molar-refractivity contribution in [3.63, 3.8) is 0 Å². The summed E-state index contributed by atoms with van der Waals surface area (Å²) in [7, 11) is 0. The monoisotopic (exact) mass is 442 g/mol. The van der Waals surface area contributed by atoms with Gasteiger partial charge in [0.05, 0.1) is 12.2 Å². The molecule has 0 radical (unpaired) electrons. The number of rotatable bonds is 0. The van der Waals surface area contributed by atoms with Gasteiger partial charge in [-0.1, -0.05) is 66.5 Å². The maximum atomic E-state index is 12.0. The van der Waals surface area contributed by atoms with Crippen molar-refractivity contribution in [3.8, 4) is 0 Å². The van der Waals surface area contributed by atoms with Gasteiger partial charge in [-0.2, -0.15) is 0 Å². The molecule has 0 unspecified atom stereocenters. The summed E-state index contributed by atoms with van der Waals surface area (Å²) in [5.41, 5.74) is 4.29. The van der Waals surface area contributed by atoms with Crippen LogP contribution in [-0.2, 0) is 0 Å². The molecule has 182 valence electrons. The maximum absolute atomic E-state index is 12.0. The minimum absolute atomic E-state index is 0.00881. The molecule has 5 rings (SSSR count). The zero-order valence-electron chi connectivity index (χ0n) is 22.3. The van der Waals surface area contributed by atoms with Gasteiger partial charge in [0.15, 0.2) is 0 Å². The first-order valence-electron chi connectivity index (χ1n) is 13.7. The van der Waals surface area contributed by atoms with Crippen LogP contribution >= 0.6 is 0 Å². The molecular formula is C30H50O2. The smallest absolute Gasteiger partial charge is 0.0644 e. The zero-order chi connectivity index (χ0) is 23.5. The first-order chi connectivity index (χ1) is 14.6. The molecule has 0 spiro atoms. The lowest BCUT2D eigenvalue weighted by atomic mass is 9.33. The molecule has 8 atom stereocenters. The van der Waals surface area contributed by atoms with Crippen molar-refractivity contribution in [1.82, 2.24) is 0 Å². The van der Waals surface area contributed by atoms with E-state index in [0.29, 0.717) is 17.3 Å². The Bertz CT molecular complexity index is 838. The number of aliphatic hydroxyl groups is 2. The van der Waals surface area contributed by atoms with E-state index in [9.17, 15) is 10.2 Å². The molecule has 0 aromatic rings. The summed E-state index contributed by atoms with van der Waals surface area (Å²) in [6.45, 7) is 19.6. The lowest BCUT2D eigenvalue weighted by molar-refractivity contribution is -0.221. The highest BCUT2D eigenvalue weighted by molar-refractivity contribution is 5.39. The third-order valence-electron chi connectivity index (χ3n) is 12.9. The lowest BCUT2D eigenvalue weighted by Gasteiger charge is -2.71. The van der Waals surface area contributed by atoms with Gasteiger partial charge in [0, 0.05) is 5.41 Å². The quantitative estimate of drug-likeness (QED) is 0.387. The summed E-state index contributed by atoms with van der Waals surface area (Å²) >= 11 is 0. The fourth-order valence-electron chi connectivity index (χ4n) is 10.6. The van der Waals surface area contributed by atoms with Crippen molar-refractivity contribution < 1.29 is 10.2 Å². The van der Waals surface area contributed by atoms with E-state index in [1.54, 1.807) is 11.1 Å². The van der Waals surface area contributed by atoms with E-state index in [4.69, 9.17) is 0 Å². The third-order valence-corrected chi connectivity index (χ3v) is 12.9. The van der Waals surface area contributed by atoms with E-state index in [1.165, 1.54) is 44.9 Å². The number of fused-ring (bicyclic) bond motifs is 6. The number of hydrogen-bond donors (Lipinski definition) is 2. The highest BCUT2D eigenvalue weighted by atomic mass is 16.3. The average molecular weight is 443 g/mol. The van der Waals surface area contributed by atoms with Gasteiger partial charge in [0.2, 0.25) is 0 Å². The summed E-state index contributed by atoms with van der Waals surface area (Å²) in [4.78, 5) is 0. The Morgan fingerprint density at radius 1 is 0.688 bits per heavy atom. The van der Waals surface area contributed by atoms with Crippen LogP contribution in [0.25, 0.3) is 0 Å². The molecule has 0 aliphatic heterocycles.